The third-order valence-electron chi connectivity index (χ3n) is 4.63. The molecule has 0 bridgehead atoms. The maximum Gasteiger partial charge on any atom is 0.239 e. The molecule has 4 heteroatoms. The third kappa shape index (κ3) is 5.24. The van der Waals surface area contributed by atoms with Gasteiger partial charge in [-0.1, -0.05) is 30.3 Å². The smallest absolute Gasteiger partial charge is 0.239 e. The number of aryl methyl sites for hydroxylation is 1. The summed E-state index contributed by atoms with van der Waals surface area (Å²) in [7, 11) is 0. The molecule has 132 valence electrons. The van der Waals surface area contributed by atoms with E-state index >= 15 is 0 Å². The van der Waals surface area contributed by atoms with Gasteiger partial charge in [0.05, 0.1) is 12.6 Å². The van der Waals surface area contributed by atoms with Crippen LogP contribution in [-0.2, 0) is 11.3 Å². The number of benzene rings is 2. The average Bonchev–Trinajstić information content (AvgIpc) is 3.12. The molecule has 4 nitrogen and oxygen atoms in total. The van der Waals surface area contributed by atoms with E-state index < -0.39 is 0 Å². The largest absolute Gasteiger partial charge is 0.490 e. The van der Waals surface area contributed by atoms with Gasteiger partial charge in [0.2, 0.25) is 5.91 Å². The predicted molar refractivity (Wildman–Crippen MR) is 101 cm³/mol. The summed E-state index contributed by atoms with van der Waals surface area (Å²) in [6, 6.07) is 15.9. The second kappa shape index (κ2) is 8.56. The van der Waals surface area contributed by atoms with Gasteiger partial charge in [0.15, 0.2) is 0 Å². The summed E-state index contributed by atoms with van der Waals surface area (Å²) in [6.07, 6.45) is 5.12. The van der Waals surface area contributed by atoms with E-state index in [-0.39, 0.29) is 12.5 Å². The molecule has 1 saturated carbocycles. The molecule has 2 N–H and O–H groups in total. The highest BCUT2D eigenvalue weighted by molar-refractivity contribution is 5.80. The first-order chi connectivity index (χ1) is 12.2. The van der Waals surface area contributed by atoms with Crippen molar-refractivity contribution in [3.8, 4) is 5.75 Å². The van der Waals surface area contributed by atoms with Crippen LogP contribution in [0.3, 0.4) is 0 Å². The van der Waals surface area contributed by atoms with Crippen molar-refractivity contribution in [3.63, 3.8) is 0 Å². The Labute approximate surface area is 149 Å². The van der Waals surface area contributed by atoms with E-state index in [1.54, 1.807) is 0 Å². The minimum Gasteiger partial charge on any atom is -0.490 e. The van der Waals surface area contributed by atoms with E-state index in [4.69, 9.17) is 4.74 Å². The highest BCUT2D eigenvalue weighted by Gasteiger charge is 2.16. The molecule has 1 fully saturated rings. The fourth-order valence-corrected chi connectivity index (χ4v) is 3.13. The van der Waals surface area contributed by atoms with Crippen LogP contribution in [0, 0.1) is 6.92 Å². The number of carbonyl (C=O) groups excluding carboxylic acids is 1. The molecule has 0 aliphatic heterocycles. The van der Waals surface area contributed by atoms with Crippen LogP contribution in [0.4, 0.5) is 5.69 Å². The quantitative estimate of drug-likeness (QED) is 0.801. The summed E-state index contributed by atoms with van der Waals surface area (Å²) < 4.78 is 6.00. The van der Waals surface area contributed by atoms with Crippen molar-refractivity contribution < 1.29 is 9.53 Å². The number of hydrogen-bond acceptors (Lipinski definition) is 3. The van der Waals surface area contributed by atoms with Gasteiger partial charge in [-0.25, -0.2) is 0 Å². The molecule has 0 unspecified atom stereocenters. The fourth-order valence-electron chi connectivity index (χ4n) is 3.13. The second-order valence-electron chi connectivity index (χ2n) is 6.61. The highest BCUT2D eigenvalue weighted by atomic mass is 16.5. The molecule has 25 heavy (non-hydrogen) atoms. The lowest BCUT2D eigenvalue weighted by atomic mass is 10.1. The summed E-state index contributed by atoms with van der Waals surface area (Å²) in [5.41, 5.74) is 3.23. The van der Waals surface area contributed by atoms with Crippen molar-refractivity contribution in [1.29, 1.82) is 0 Å². The zero-order valence-electron chi connectivity index (χ0n) is 14.8. The van der Waals surface area contributed by atoms with Crippen molar-refractivity contribution in [1.82, 2.24) is 5.32 Å². The van der Waals surface area contributed by atoms with Crippen LogP contribution in [0.5, 0.6) is 5.75 Å². The minimum absolute atomic E-state index is 0.0228. The van der Waals surface area contributed by atoms with E-state index in [1.165, 1.54) is 18.4 Å². The molecule has 0 atom stereocenters. The normalized spacial score (nSPS) is 14.3. The second-order valence-corrected chi connectivity index (χ2v) is 6.61. The molecule has 1 aliphatic carbocycles. The van der Waals surface area contributed by atoms with E-state index in [0.29, 0.717) is 12.6 Å². The van der Waals surface area contributed by atoms with E-state index in [2.05, 4.69) is 23.6 Å². The van der Waals surface area contributed by atoms with Gasteiger partial charge < -0.3 is 15.4 Å². The molecule has 2 aromatic carbocycles. The van der Waals surface area contributed by atoms with Crippen molar-refractivity contribution in [2.75, 3.05) is 11.9 Å². The van der Waals surface area contributed by atoms with Gasteiger partial charge >= 0.3 is 0 Å². The lowest BCUT2D eigenvalue weighted by Gasteiger charge is -2.14. The molecule has 1 amide bonds. The minimum atomic E-state index is -0.0228. The topological polar surface area (TPSA) is 50.4 Å². The highest BCUT2D eigenvalue weighted by Crippen LogP contribution is 2.25. The Kier molecular flexibility index (Phi) is 5.94. The number of rotatable bonds is 7. The van der Waals surface area contributed by atoms with Crippen LogP contribution < -0.4 is 15.4 Å². The molecule has 0 heterocycles. The number of hydrogen-bond donors (Lipinski definition) is 2. The monoisotopic (exact) mass is 338 g/mol. The number of amides is 1. The van der Waals surface area contributed by atoms with E-state index in [9.17, 15) is 4.79 Å². The molecule has 1 aliphatic rings. The van der Waals surface area contributed by atoms with Crippen LogP contribution in [0.15, 0.2) is 48.5 Å². The molecule has 0 spiro atoms. The average molecular weight is 338 g/mol. The molecule has 3 rings (SSSR count). The lowest BCUT2D eigenvalue weighted by molar-refractivity contribution is -0.119. The summed E-state index contributed by atoms with van der Waals surface area (Å²) in [5.74, 6) is 0.850. The molecular formula is C21H26N2O2. The van der Waals surface area contributed by atoms with Crippen molar-refractivity contribution in [2.24, 2.45) is 0 Å². The Morgan fingerprint density at radius 1 is 1.12 bits per heavy atom. The summed E-state index contributed by atoms with van der Waals surface area (Å²) in [6.45, 7) is 2.85. The third-order valence-corrected chi connectivity index (χ3v) is 4.63. The van der Waals surface area contributed by atoms with Crippen LogP contribution in [0.25, 0.3) is 0 Å². The lowest BCUT2D eigenvalue weighted by Crippen LogP contribution is -2.29. The van der Waals surface area contributed by atoms with Gasteiger partial charge in [-0.05, 0) is 55.9 Å². The zero-order valence-corrected chi connectivity index (χ0v) is 14.8. The predicted octanol–water partition coefficient (Wildman–Crippen LogP) is 4.04. The number of nitrogens with one attached hydrogen (secondary N) is 2. The maximum absolute atomic E-state index is 12.1. The van der Waals surface area contributed by atoms with Gasteiger partial charge in [0.1, 0.15) is 5.75 Å². The van der Waals surface area contributed by atoms with Crippen LogP contribution in [0.1, 0.15) is 36.8 Å². The Morgan fingerprint density at radius 3 is 2.72 bits per heavy atom. The Hall–Kier alpha value is -2.49. The maximum atomic E-state index is 12.1. The van der Waals surface area contributed by atoms with Gasteiger partial charge in [-0.3, -0.25) is 4.79 Å². The molecule has 0 saturated heterocycles. The fraction of sp³-hybridized carbons (Fsp3) is 0.381. The van der Waals surface area contributed by atoms with Gasteiger partial charge in [0.25, 0.3) is 0 Å². The molecular weight excluding hydrogens is 312 g/mol. The van der Waals surface area contributed by atoms with Gasteiger partial charge in [0, 0.05) is 18.3 Å². The van der Waals surface area contributed by atoms with Gasteiger partial charge in [-0.15, -0.1) is 0 Å². The number of anilines is 1. The standard InChI is InChI=1S/C21H26N2O2/c1-16-7-2-3-8-17(16)14-23-21(24)15-22-18-9-6-12-20(13-18)25-19-10-4-5-11-19/h2-3,6-9,12-13,19,22H,4-5,10-11,14-15H2,1H3,(H,23,24). The van der Waals surface area contributed by atoms with Crippen LogP contribution >= 0.6 is 0 Å². The first kappa shape index (κ1) is 17.3. The van der Waals surface area contributed by atoms with Crippen molar-refractivity contribution in [3.05, 3.63) is 59.7 Å². The summed E-state index contributed by atoms with van der Waals surface area (Å²) >= 11 is 0. The molecule has 0 aromatic heterocycles. The number of ether oxygens (including phenoxy) is 1. The molecule has 2 aromatic rings. The SMILES string of the molecule is Cc1ccccc1CNC(=O)CNc1cccc(OC2CCCC2)c1. The van der Waals surface area contributed by atoms with Crippen LogP contribution in [-0.4, -0.2) is 18.6 Å². The Bertz CT molecular complexity index is 709. The first-order valence-corrected chi connectivity index (χ1v) is 9.02. The van der Waals surface area contributed by atoms with Crippen LogP contribution in [0.2, 0.25) is 0 Å². The van der Waals surface area contributed by atoms with E-state index in [1.807, 2.05) is 42.5 Å². The first-order valence-electron chi connectivity index (χ1n) is 9.02. The van der Waals surface area contributed by atoms with Crippen molar-refractivity contribution >= 4 is 11.6 Å². The zero-order chi connectivity index (χ0) is 17.5. The van der Waals surface area contributed by atoms with E-state index in [0.717, 1.165) is 29.8 Å². The number of carbonyl (C=O) groups is 1. The van der Waals surface area contributed by atoms with Crippen molar-refractivity contribution in [2.45, 2.75) is 45.3 Å². The Morgan fingerprint density at radius 2 is 1.92 bits per heavy atom. The molecule has 0 radical (unpaired) electrons. The summed E-state index contributed by atoms with van der Waals surface area (Å²) in [5, 5.41) is 6.12. The summed E-state index contributed by atoms with van der Waals surface area (Å²) in [4.78, 5) is 12.1. The Balaban J connectivity index is 1.46. The van der Waals surface area contributed by atoms with Gasteiger partial charge in [-0.2, -0.15) is 0 Å².